The number of hydrogen-bond donors (Lipinski definition) is 0. The lowest BCUT2D eigenvalue weighted by molar-refractivity contribution is 0.174. The SMILES string of the molecule is CCn1nc(Cl)c(=O)c2cc3c(cc21)OCO3. The molecule has 88 valence electrons. The molecule has 1 aromatic carbocycles. The minimum atomic E-state index is -0.287. The van der Waals surface area contributed by atoms with E-state index in [4.69, 9.17) is 21.1 Å². The average Bonchev–Trinajstić information content (AvgIpc) is 2.79. The van der Waals surface area contributed by atoms with Crippen molar-refractivity contribution in [3.63, 3.8) is 0 Å². The van der Waals surface area contributed by atoms with Crippen molar-refractivity contribution in [1.29, 1.82) is 0 Å². The number of ether oxygens (including phenoxy) is 2. The molecule has 3 rings (SSSR count). The van der Waals surface area contributed by atoms with Crippen molar-refractivity contribution in [2.45, 2.75) is 13.5 Å². The van der Waals surface area contributed by atoms with Crippen LogP contribution >= 0.6 is 11.6 Å². The Morgan fingerprint density at radius 1 is 1.41 bits per heavy atom. The molecule has 0 saturated heterocycles. The van der Waals surface area contributed by atoms with Gasteiger partial charge in [0.1, 0.15) is 0 Å². The number of hydrogen-bond acceptors (Lipinski definition) is 4. The average molecular weight is 253 g/mol. The van der Waals surface area contributed by atoms with E-state index in [1.807, 2.05) is 6.92 Å². The maximum absolute atomic E-state index is 11.9. The van der Waals surface area contributed by atoms with Gasteiger partial charge in [-0.2, -0.15) is 5.10 Å². The maximum atomic E-state index is 11.9. The smallest absolute Gasteiger partial charge is 0.231 e. The summed E-state index contributed by atoms with van der Waals surface area (Å²) in [6.07, 6.45) is 0. The number of nitrogens with zero attached hydrogens (tertiary/aromatic N) is 2. The number of rotatable bonds is 1. The highest BCUT2D eigenvalue weighted by Gasteiger charge is 2.18. The molecule has 0 unspecified atom stereocenters. The number of benzene rings is 1. The second-order valence-electron chi connectivity index (χ2n) is 3.66. The lowest BCUT2D eigenvalue weighted by Gasteiger charge is -2.08. The Morgan fingerprint density at radius 3 is 2.82 bits per heavy atom. The third kappa shape index (κ3) is 1.46. The largest absolute Gasteiger partial charge is 0.454 e. The van der Waals surface area contributed by atoms with Crippen LogP contribution in [0.15, 0.2) is 16.9 Å². The van der Waals surface area contributed by atoms with Crippen molar-refractivity contribution in [3.05, 3.63) is 27.5 Å². The molecule has 5 nitrogen and oxygen atoms in total. The van der Waals surface area contributed by atoms with Crippen molar-refractivity contribution in [2.75, 3.05) is 6.79 Å². The van der Waals surface area contributed by atoms with Crippen LogP contribution in [-0.2, 0) is 6.54 Å². The molecule has 0 spiro atoms. The van der Waals surface area contributed by atoms with Gasteiger partial charge in [0, 0.05) is 12.6 Å². The summed E-state index contributed by atoms with van der Waals surface area (Å²) < 4.78 is 12.2. The van der Waals surface area contributed by atoms with Gasteiger partial charge in [-0.1, -0.05) is 11.6 Å². The number of aryl methyl sites for hydroxylation is 1. The van der Waals surface area contributed by atoms with E-state index in [-0.39, 0.29) is 17.4 Å². The Bertz CT molecular complexity index is 666. The lowest BCUT2D eigenvalue weighted by Crippen LogP contribution is -2.13. The summed E-state index contributed by atoms with van der Waals surface area (Å²) in [5.74, 6) is 1.20. The first-order valence-corrected chi connectivity index (χ1v) is 5.58. The summed E-state index contributed by atoms with van der Waals surface area (Å²) in [4.78, 5) is 11.9. The van der Waals surface area contributed by atoms with Crippen molar-refractivity contribution in [2.24, 2.45) is 0 Å². The van der Waals surface area contributed by atoms with Crippen LogP contribution < -0.4 is 14.9 Å². The minimum Gasteiger partial charge on any atom is -0.454 e. The Hall–Kier alpha value is -1.75. The molecule has 0 saturated carbocycles. The highest BCUT2D eigenvalue weighted by Crippen LogP contribution is 2.35. The van der Waals surface area contributed by atoms with Gasteiger partial charge in [0.25, 0.3) is 0 Å². The summed E-state index contributed by atoms with van der Waals surface area (Å²) in [5, 5.41) is 4.49. The van der Waals surface area contributed by atoms with Crippen LogP contribution in [0.5, 0.6) is 11.5 Å². The van der Waals surface area contributed by atoms with Crippen molar-refractivity contribution < 1.29 is 9.47 Å². The Morgan fingerprint density at radius 2 is 2.12 bits per heavy atom. The molecule has 0 aliphatic carbocycles. The highest BCUT2D eigenvalue weighted by molar-refractivity contribution is 6.29. The molecule has 1 aliphatic rings. The Labute approximate surface area is 102 Å². The van der Waals surface area contributed by atoms with E-state index in [2.05, 4.69) is 5.10 Å². The summed E-state index contributed by atoms with van der Waals surface area (Å²) >= 11 is 5.81. The van der Waals surface area contributed by atoms with Gasteiger partial charge < -0.3 is 9.47 Å². The third-order valence-electron chi connectivity index (χ3n) is 2.71. The van der Waals surface area contributed by atoms with Gasteiger partial charge in [0.15, 0.2) is 16.7 Å². The number of fused-ring (bicyclic) bond motifs is 2. The zero-order valence-corrected chi connectivity index (χ0v) is 9.82. The van der Waals surface area contributed by atoms with Crippen LogP contribution in [0.2, 0.25) is 5.15 Å². The number of halogens is 1. The van der Waals surface area contributed by atoms with Crippen molar-refractivity contribution in [1.82, 2.24) is 9.78 Å². The Kier molecular flexibility index (Phi) is 2.22. The molecule has 0 radical (unpaired) electrons. The zero-order valence-electron chi connectivity index (χ0n) is 9.07. The fourth-order valence-corrected chi connectivity index (χ4v) is 2.08. The zero-order chi connectivity index (χ0) is 12.0. The van der Waals surface area contributed by atoms with Gasteiger partial charge >= 0.3 is 0 Å². The van der Waals surface area contributed by atoms with Gasteiger partial charge in [-0.3, -0.25) is 9.48 Å². The van der Waals surface area contributed by atoms with Gasteiger partial charge in [-0.25, -0.2) is 0 Å². The topological polar surface area (TPSA) is 53.4 Å². The van der Waals surface area contributed by atoms with E-state index in [9.17, 15) is 4.79 Å². The monoisotopic (exact) mass is 252 g/mol. The molecule has 0 fully saturated rings. The molecule has 0 atom stereocenters. The van der Waals surface area contributed by atoms with E-state index >= 15 is 0 Å². The van der Waals surface area contributed by atoms with Crippen molar-refractivity contribution >= 4 is 22.5 Å². The van der Waals surface area contributed by atoms with Gasteiger partial charge in [0.2, 0.25) is 12.2 Å². The van der Waals surface area contributed by atoms with Gasteiger partial charge in [-0.15, -0.1) is 0 Å². The van der Waals surface area contributed by atoms with Gasteiger partial charge in [0.05, 0.1) is 10.9 Å². The third-order valence-corrected chi connectivity index (χ3v) is 2.96. The van der Waals surface area contributed by atoms with Crippen LogP contribution in [0, 0.1) is 0 Å². The first kappa shape index (κ1) is 10.4. The fraction of sp³-hybridized carbons (Fsp3) is 0.273. The first-order valence-electron chi connectivity index (χ1n) is 5.20. The molecule has 1 aromatic heterocycles. The molecule has 2 aromatic rings. The normalized spacial score (nSPS) is 13.3. The van der Waals surface area contributed by atoms with Crippen LogP contribution in [-0.4, -0.2) is 16.6 Å². The predicted octanol–water partition coefficient (Wildman–Crippen LogP) is 1.80. The summed E-state index contributed by atoms with van der Waals surface area (Å²) in [5.41, 5.74) is 0.413. The highest BCUT2D eigenvalue weighted by atomic mass is 35.5. The van der Waals surface area contributed by atoms with Crippen LogP contribution in [0.1, 0.15) is 6.92 Å². The molecule has 0 amide bonds. The molecule has 0 bridgehead atoms. The second kappa shape index (κ2) is 3.63. The predicted molar refractivity (Wildman–Crippen MR) is 62.8 cm³/mol. The molecule has 2 heterocycles. The second-order valence-corrected chi connectivity index (χ2v) is 4.02. The maximum Gasteiger partial charge on any atom is 0.231 e. The van der Waals surface area contributed by atoms with Crippen LogP contribution in [0.3, 0.4) is 0 Å². The van der Waals surface area contributed by atoms with Crippen LogP contribution in [0.4, 0.5) is 0 Å². The molecular weight excluding hydrogens is 244 g/mol. The van der Waals surface area contributed by atoms with E-state index in [1.54, 1.807) is 16.8 Å². The van der Waals surface area contributed by atoms with E-state index < -0.39 is 0 Å². The molecule has 6 heteroatoms. The summed E-state index contributed by atoms with van der Waals surface area (Å²) in [6, 6.07) is 3.41. The number of aromatic nitrogens is 2. The summed E-state index contributed by atoms with van der Waals surface area (Å²) in [7, 11) is 0. The van der Waals surface area contributed by atoms with E-state index in [0.717, 1.165) is 0 Å². The van der Waals surface area contributed by atoms with Gasteiger partial charge in [-0.05, 0) is 13.0 Å². The summed E-state index contributed by atoms with van der Waals surface area (Å²) in [6.45, 7) is 2.72. The molecule has 0 N–H and O–H groups in total. The standard InChI is InChI=1S/C11H9ClN2O3/c1-2-14-7-4-9-8(16-5-17-9)3-6(7)10(15)11(12)13-14/h3-4H,2,5H2,1H3. The lowest BCUT2D eigenvalue weighted by atomic mass is 10.2. The quantitative estimate of drug-likeness (QED) is 0.777. The van der Waals surface area contributed by atoms with Crippen molar-refractivity contribution in [3.8, 4) is 11.5 Å². The molecule has 1 aliphatic heterocycles. The minimum absolute atomic E-state index is 0.0294. The van der Waals surface area contributed by atoms with E-state index in [1.165, 1.54) is 0 Å². The van der Waals surface area contributed by atoms with Crippen LogP contribution in [0.25, 0.3) is 10.9 Å². The molecular formula is C11H9ClN2O3. The van der Waals surface area contributed by atoms with E-state index in [0.29, 0.717) is 28.9 Å². The molecule has 17 heavy (non-hydrogen) atoms. The fourth-order valence-electron chi connectivity index (χ4n) is 1.88. The first-order chi connectivity index (χ1) is 8.20. The Balaban J connectivity index is 2.45.